The maximum atomic E-state index is 5.26. The first kappa shape index (κ1) is 24.4. The number of aromatic nitrogens is 1. The molecule has 1 aliphatic rings. The molecule has 0 amide bonds. The van der Waals surface area contributed by atoms with Crippen molar-refractivity contribution in [3.8, 4) is 5.75 Å². The van der Waals surface area contributed by atoms with E-state index in [4.69, 9.17) is 4.74 Å². The topological polar surface area (TPSA) is 16.4 Å². The van der Waals surface area contributed by atoms with Crippen molar-refractivity contribution < 1.29 is 9.30 Å². The Hall–Kier alpha value is -3.28. The number of methoxy groups -OCH3 is 1. The van der Waals surface area contributed by atoms with E-state index in [2.05, 4.69) is 109 Å². The van der Waals surface area contributed by atoms with Crippen molar-refractivity contribution in [3.05, 3.63) is 99.5 Å². The van der Waals surface area contributed by atoms with Gasteiger partial charge in [-0.05, 0) is 73.9 Å². The first-order chi connectivity index (χ1) is 17.6. The first-order valence-corrected chi connectivity index (χ1v) is 14.0. The highest BCUT2D eigenvalue weighted by molar-refractivity contribution is 8.03. The lowest BCUT2D eigenvalue weighted by molar-refractivity contribution is -0.665. The van der Waals surface area contributed by atoms with Gasteiger partial charge in [0.25, 0.3) is 5.01 Å². The molecule has 0 N–H and O–H groups in total. The number of thiazole rings is 1. The Labute approximate surface area is 222 Å². The van der Waals surface area contributed by atoms with E-state index in [-0.39, 0.29) is 0 Å². The molecule has 0 spiro atoms. The van der Waals surface area contributed by atoms with Crippen molar-refractivity contribution in [2.45, 2.75) is 32.2 Å². The van der Waals surface area contributed by atoms with E-state index in [0.29, 0.717) is 0 Å². The number of fused-ring (bicyclic) bond motifs is 2. The summed E-state index contributed by atoms with van der Waals surface area (Å²) in [5.41, 5.74) is 6.21. The molecule has 5 rings (SSSR count). The summed E-state index contributed by atoms with van der Waals surface area (Å²) < 4.78 is 8.99. The average Bonchev–Trinajstić information content (AvgIpc) is 3.43. The lowest BCUT2D eigenvalue weighted by Gasteiger charge is -2.18. The van der Waals surface area contributed by atoms with Crippen LogP contribution in [-0.4, -0.2) is 13.7 Å². The van der Waals surface area contributed by atoms with Gasteiger partial charge in [0.1, 0.15) is 17.0 Å². The molecule has 0 aliphatic carbocycles. The molecule has 0 radical (unpaired) electrons. The molecule has 3 aromatic carbocycles. The van der Waals surface area contributed by atoms with Crippen LogP contribution in [0.15, 0.2) is 88.3 Å². The number of aryl methyl sites for hydroxylation is 1. The van der Waals surface area contributed by atoms with Crippen molar-refractivity contribution in [2.75, 3.05) is 18.6 Å². The molecular weight excluding hydrogens is 480 g/mol. The van der Waals surface area contributed by atoms with Gasteiger partial charge in [0, 0.05) is 23.6 Å². The zero-order valence-electron chi connectivity index (χ0n) is 21.2. The summed E-state index contributed by atoms with van der Waals surface area (Å²) in [5.74, 6) is 0.876. The van der Waals surface area contributed by atoms with E-state index in [9.17, 15) is 0 Å². The van der Waals surface area contributed by atoms with E-state index in [1.165, 1.54) is 42.0 Å². The van der Waals surface area contributed by atoms with Crippen molar-refractivity contribution in [1.29, 1.82) is 0 Å². The Morgan fingerprint density at radius 2 is 1.72 bits per heavy atom. The van der Waals surface area contributed by atoms with Crippen molar-refractivity contribution in [1.82, 2.24) is 0 Å². The highest BCUT2D eigenvalue weighted by Gasteiger charge is 2.24. The highest BCUT2D eigenvalue weighted by atomic mass is 32.2. The number of nitrogens with zero attached hydrogens (tertiary/aromatic N) is 2. The predicted octanol–water partition coefficient (Wildman–Crippen LogP) is 8.26. The van der Waals surface area contributed by atoms with Gasteiger partial charge in [-0.3, -0.25) is 0 Å². The van der Waals surface area contributed by atoms with E-state index < -0.39 is 0 Å². The Bertz CT molecular complexity index is 1480. The second kappa shape index (κ2) is 10.8. The van der Waals surface area contributed by atoms with Gasteiger partial charge in [0.2, 0.25) is 5.52 Å². The van der Waals surface area contributed by atoms with Crippen LogP contribution in [0.3, 0.4) is 0 Å². The van der Waals surface area contributed by atoms with Crippen LogP contribution in [0.25, 0.3) is 28.4 Å². The maximum absolute atomic E-state index is 5.26. The number of allylic oxidation sites excluding steroid dienone is 2. The van der Waals surface area contributed by atoms with Gasteiger partial charge < -0.3 is 9.64 Å². The number of thioether (sulfide) groups is 1. The third-order valence-corrected chi connectivity index (χ3v) is 8.53. The van der Waals surface area contributed by atoms with Gasteiger partial charge in [-0.2, -0.15) is 4.57 Å². The number of ether oxygens (including phenoxy) is 1. The fraction of sp³-hybridized carbons (Fsp3) is 0.194. The lowest BCUT2D eigenvalue weighted by atomic mass is 10.1. The number of benzene rings is 3. The normalized spacial score (nSPS) is 14.8. The smallest absolute Gasteiger partial charge is 0.262 e. The zero-order chi connectivity index (χ0) is 25.1. The summed E-state index contributed by atoms with van der Waals surface area (Å²) >= 11 is 3.71. The largest absolute Gasteiger partial charge is 0.497 e. The third kappa shape index (κ3) is 4.99. The molecule has 4 aromatic rings. The molecule has 3 nitrogen and oxygen atoms in total. The second-order valence-corrected chi connectivity index (χ2v) is 10.8. The van der Waals surface area contributed by atoms with Gasteiger partial charge in [-0.25, -0.2) is 0 Å². The number of hydrogen-bond acceptors (Lipinski definition) is 4. The van der Waals surface area contributed by atoms with Gasteiger partial charge >= 0.3 is 0 Å². The van der Waals surface area contributed by atoms with Gasteiger partial charge in [0.15, 0.2) is 0 Å². The Balaban J connectivity index is 1.39. The van der Waals surface area contributed by atoms with Crippen LogP contribution in [0.5, 0.6) is 5.75 Å². The Morgan fingerprint density at radius 3 is 2.47 bits per heavy atom. The van der Waals surface area contributed by atoms with Gasteiger partial charge in [0.05, 0.1) is 17.8 Å². The quantitative estimate of drug-likeness (QED) is 0.183. The molecule has 5 heteroatoms. The van der Waals surface area contributed by atoms with Crippen molar-refractivity contribution >= 4 is 57.2 Å². The standard InChI is InChI=1S/C31H31N2OS2/c1-5-32-26-9-7-8-10-28(26)35-30(32)19-22(3)20-31-33(6-2)27-21-24(15-18-29(27)36-31)12-11-23-13-16-25(34-4)17-14-23/h7-21H,5-6H2,1-4H3/q+1. The van der Waals surface area contributed by atoms with E-state index in [1.54, 1.807) is 7.11 Å². The molecule has 0 bridgehead atoms. The third-order valence-electron chi connectivity index (χ3n) is 6.31. The summed E-state index contributed by atoms with van der Waals surface area (Å²) in [6.45, 7) is 8.54. The molecule has 0 atom stereocenters. The molecular formula is C31H31N2OS2+. The number of anilines is 1. The molecule has 1 aliphatic heterocycles. The van der Waals surface area contributed by atoms with Crippen LogP contribution < -0.4 is 14.2 Å². The molecule has 182 valence electrons. The van der Waals surface area contributed by atoms with Crippen molar-refractivity contribution in [3.63, 3.8) is 0 Å². The first-order valence-electron chi connectivity index (χ1n) is 12.3. The summed E-state index contributed by atoms with van der Waals surface area (Å²) in [5, 5.41) is 2.57. The molecule has 0 fully saturated rings. The minimum absolute atomic E-state index is 0.876. The number of rotatable bonds is 7. The number of hydrogen-bond donors (Lipinski definition) is 0. The minimum Gasteiger partial charge on any atom is -0.497 e. The molecule has 36 heavy (non-hydrogen) atoms. The molecule has 1 aromatic heterocycles. The SMILES string of the molecule is CCN1/C(=C/C(C)=C/c2sc3ccccc3[n+]2CC)Sc2ccc(C=Cc3ccc(OC)cc3)cc21. The van der Waals surface area contributed by atoms with Gasteiger partial charge in [-0.15, -0.1) is 0 Å². The average molecular weight is 512 g/mol. The molecule has 2 heterocycles. The van der Waals surface area contributed by atoms with Crippen LogP contribution in [-0.2, 0) is 6.54 Å². The molecule has 0 saturated heterocycles. The van der Waals surface area contributed by atoms with E-state index in [1.807, 2.05) is 35.2 Å². The zero-order valence-corrected chi connectivity index (χ0v) is 22.8. The van der Waals surface area contributed by atoms with Crippen LogP contribution in [0, 0.1) is 0 Å². The predicted molar refractivity (Wildman–Crippen MR) is 157 cm³/mol. The monoisotopic (exact) mass is 511 g/mol. The van der Waals surface area contributed by atoms with Crippen LogP contribution in [0.2, 0.25) is 0 Å². The minimum atomic E-state index is 0.876. The van der Waals surface area contributed by atoms with Crippen LogP contribution >= 0.6 is 23.1 Å². The summed E-state index contributed by atoms with van der Waals surface area (Å²) in [6, 6.07) is 23.5. The van der Waals surface area contributed by atoms with Crippen LogP contribution in [0.1, 0.15) is 36.9 Å². The fourth-order valence-corrected chi connectivity index (χ4v) is 6.94. The van der Waals surface area contributed by atoms with E-state index >= 15 is 0 Å². The molecule has 0 unspecified atom stereocenters. The molecule has 0 saturated carbocycles. The summed E-state index contributed by atoms with van der Waals surface area (Å²) in [6.07, 6.45) is 8.97. The van der Waals surface area contributed by atoms with Crippen LogP contribution in [0.4, 0.5) is 5.69 Å². The summed E-state index contributed by atoms with van der Waals surface area (Å²) in [4.78, 5) is 3.73. The Kier molecular flexibility index (Phi) is 7.30. The highest BCUT2D eigenvalue weighted by Crippen LogP contribution is 2.46. The lowest BCUT2D eigenvalue weighted by Crippen LogP contribution is -2.33. The second-order valence-electron chi connectivity index (χ2n) is 8.70. The fourth-order valence-electron chi connectivity index (χ4n) is 4.48. The summed E-state index contributed by atoms with van der Waals surface area (Å²) in [7, 11) is 1.69. The number of para-hydroxylation sites is 1. The van der Waals surface area contributed by atoms with E-state index in [0.717, 1.165) is 24.4 Å². The van der Waals surface area contributed by atoms with Gasteiger partial charge in [-0.1, -0.05) is 65.6 Å². The maximum Gasteiger partial charge on any atom is 0.262 e. The Morgan fingerprint density at radius 1 is 0.972 bits per heavy atom. The van der Waals surface area contributed by atoms with Crippen molar-refractivity contribution in [2.24, 2.45) is 0 Å².